The van der Waals surface area contributed by atoms with Crippen LogP contribution in [0.25, 0.3) is 0 Å². The number of carbonyl (C=O) groups is 2. The van der Waals surface area contributed by atoms with Crippen LogP contribution in [0.1, 0.15) is 38.9 Å². The Bertz CT molecular complexity index is 886. The summed E-state index contributed by atoms with van der Waals surface area (Å²) in [4.78, 5) is 24.4. The number of ether oxygens (including phenoxy) is 2. The normalized spacial score (nSPS) is 13.1. The maximum Gasteiger partial charge on any atom is 0.325 e. The van der Waals surface area contributed by atoms with E-state index in [2.05, 4.69) is 25.4 Å². The van der Waals surface area contributed by atoms with E-state index in [4.69, 9.17) is 9.47 Å². The van der Waals surface area contributed by atoms with Gasteiger partial charge in [-0.25, -0.2) is 4.79 Å². The summed E-state index contributed by atoms with van der Waals surface area (Å²) in [6, 6.07) is 4.47. The molecule has 10 heteroatoms. The molecule has 2 heterocycles. The summed E-state index contributed by atoms with van der Waals surface area (Å²) in [5.41, 5.74) is 0.502. The summed E-state index contributed by atoms with van der Waals surface area (Å²) in [6.45, 7) is 5.60. The van der Waals surface area contributed by atoms with Crippen molar-refractivity contribution >= 4 is 29.4 Å². The number of rotatable bonds is 8. The topological polar surface area (TPSA) is 107 Å². The van der Waals surface area contributed by atoms with Crippen molar-refractivity contribution in [3.8, 4) is 11.5 Å². The van der Waals surface area contributed by atoms with Gasteiger partial charge in [-0.05, 0) is 38.8 Å². The van der Waals surface area contributed by atoms with E-state index in [0.29, 0.717) is 30.4 Å². The number of anilines is 1. The van der Waals surface area contributed by atoms with Crippen LogP contribution in [0.5, 0.6) is 11.5 Å². The van der Waals surface area contributed by atoms with Gasteiger partial charge in [-0.15, -0.1) is 10.2 Å². The molecule has 1 aromatic carbocycles. The van der Waals surface area contributed by atoms with Gasteiger partial charge in [-0.1, -0.05) is 18.2 Å². The van der Waals surface area contributed by atoms with Gasteiger partial charge in [0.05, 0.1) is 19.0 Å². The quantitative estimate of drug-likeness (QED) is 0.615. The van der Waals surface area contributed by atoms with Gasteiger partial charge in [0.2, 0.25) is 5.91 Å². The predicted molar refractivity (Wildman–Crippen MR) is 114 cm³/mol. The lowest BCUT2D eigenvalue weighted by molar-refractivity contribution is -0.117. The molecule has 0 fully saturated rings. The Morgan fingerprint density at radius 3 is 2.70 bits per heavy atom. The first kappa shape index (κ1) is 21.9. The van der Waals surface area contributed by atoms with E-state index >= 15 is 0 Å². The second-order valence-electron chi connectivity index (χ2n) is 6.68. The van der Waals surface area contributed by atoms with Crippen molar-refractivity contribution in [1.29, 1.82) is 0 Å². The van der Waals surface area contributed by atoms with Crippen LogP contribution in [-0.4, -0.2) is 45.7 Å². The average molecular weight is 434 g/mol. The smallest absolute Gasteiger partial charge is 0.325 e. The fraction of sp³-hybridized carbons (Fsp3) is 0.500. The molecular formula is C20H27N5O4S. The molecule has 0 radical (unpaired) electrons. The lowest BCUT2D eigenvalue weighted by Gasteiger charge is -2.13. The summed E-state index contributed by atoms with van der Waals surface area (Å²) < 4.78 is 13.1. The number of benzene rings is 1. The first-order valence-corrected chi connectivity index (χ1v) is 11.1. The molecule has 30 heavy (non-hydrogen) atoms. The third-order valence-electron chi connectivity index (χ3n) is 4.46. The molecule has 1 aliphatic rings. The third kappa shape index (κ3) is 5.88. The van der Waals surface area contributed by atoms with Crippen LogP contribution in [0.15, 0.2) is 23.4 Å². The highest BCUT2D eigenvalue weighted by atomic mass is 32.2. The Morgan fingerprint density at radius 2 is 1.90 bits per heavy atom. The molecule has 3 amide bonds. The number of carbonyl (C=O) groups excluding carboxylic acids is 2. The summed E-state index contributed by atoms with van der Waals surface area (Å²) in [7, 11) is 0. The number of fused-ring (bicyclic) bond motifs is 1. The summed E-state index contributed by atoms with van der Waals surface area (Å²) >= 11 is 1.28. The van der Waals surface area contributed by atoms with Crippen molar-refractivity contribution in [2.75, 3.05) is 24.3 Å². The van der Waals surface area contributed by atoms with E-state index in [1.807, 2.05) is 13.8 Å². The minimum Gasteiger partial charge on any atom is -0.490 e. The van der Waals surface area contributed by atoms with Gasteiger partial charge < -0.3 is 19.4 Å². The molecule has 3 rings (SSSR count). The minimum absolute atomic E-state index is 0.0824. The molecule has 2 aromatic rings. The Hall–Kier alpha value is -2.75. The van der Waals surface area contributed by atoms with Crippen LogP contribution in [-0.2, 0) is 17.8 Å². The Morgan fingerprint density at radius 1 is 1.10 bits per heavy atom. The molecular weight excluding hydrogens is 406 g/mol. The molecule has 9 nitrogen and oxygen atoms in total. The first-order valence-electron chi connectivity index (χ1n) is 10.2. The van der Waals surface area contributed by atoms with Gasteiger partial charge in [0.1, 0.15) is 5.82 Å². The molecule has 1 aliphatic heterocycles. The second kappa shape index (κ2) is 10.9. The van der Waals surface area contributed by atoms with Crippen LogP contribution in [0, 0.1) is 0 Å². The zero-order valence-electron chi connectivity index (χ0n) is 17.3. The SMILES string of the molecule is CCOc1ccc(NC(=O)NC(=O)CSc2nnc3n2CCCCC3)cc1OCC. The van der Waals surface area contributed by atoms with Crippen LogP contribution in [0.4, 0.5) is 10.5 Å². The number of nitrogens with one attached hydrogen (secondary N) is 2. The number of urea groups is 1. The number of aromatic nitrogens is 3. The first-order chi connectivity index (χ1) is 14.6. The highest BCUT2D eigenvalue weighted by Gasteiger charge is 2.17. The van der Waals surface area contributed by atoms with E-state index in [1.165, 1.54) is 18.2 Å². The van der Waals surface area contributed by atoms with Gasteiger partial charge in [0, 0.05) is 24.7 Å². The Labute approximate surface area is 179 Å². The van der Waals surface area contributed by atoms with Crippen molar-refractivity contribution in [2.45, 2.75) is 51.2 Å². The van der Waals surface area contributed by atoms with E-state index in [9.17, 15) is 9.59 Å². The van der Waals surface area contributed by atoms with E-state index < -0.39 is 11.9 Å². The maximum atomic E-state index is 12.2. The van der Waals surface area contributed by atoms with Crippen molar-refractivity contribution in [3.63, 3.8) is 0 Å². The van der Waals surface area contributed by atoms with Gasteiger partial charge >= 0.3 is 6.03 Å². The van der Waals surface area contributed by atoms with E-state index in [0.717, 1.165) is 36.8 Å². The highest BCUT2D eigenvalue weighted by molar-refractivity contribution is 7.99. The van der Waals surface area contributed by atoms with Gasteiger partial charge in [-0.2, -0.15) is 0 Å². The number of hydrogen-bond acceptors (Lipinski definition) is 7. The monoisotopic (exact) mass is 433 g/mol. The summed E-state index contributed by atoms with van der Waals surface area (Å²) in [6.07, 6.45) is 4.28. The fourth-order valence-corrected chi connectivity index (χ4v) is 3.93. The summed E-state index contributed by atoms with van der Waals surface area (Å²) in [5.74, 6) is 1.78. The van der Waals surface area contributed by atoms with Gasteiger partial charge in [0.15, 0.2) is 16.7 Å². The number of thioether (sulfide) groups is 1. The zero-order valence-corrected chi connectivity index (χ0v) is 18.1. The van der Waals surface area contributed by atoms with Crippen LogP contribution in [0.2, 0.25) is 0 Å². The number of aryl methyl sites for hydroxylation is 1. The molecule has 1 aromatic heterocycles. The van der Waals surface area contributed by atoms with Gasteiger partial charge in [-0.3, -0.25) is 10.1 Å². The average Bonchev–Trinajstić information content (AvgIpc) is 2.94. The van der Waals surface area contributed by atoms with Crippen molar-refractivity contribution in [1.82, 2.24) is 20.1 Å². The summed E-state index contributed by atoms with van der Waals surface area (Å²) in [5, 5.41) is 14.1. The number of hydrogen-bond donors (Lipinski definition) is 2. The largest absolute Gasteiger partial charge is 0.490 e. The molecule has 0 bridgehead atoms. The predicted octanol–water partition coefficient (Wildman–Crippen LogP) is 3.24. The lowest BCUT2D eigenvalue weighted by Crippen LogP contribution is -2.35. The molecule has 2 N–H and O–H groups in total. The molecule has 0 spiro atoms. The zero-order chi connectivity index (χ0) is 21.3. The van der Waals surface area contributed by atoms with Crippen molar-refractivity contribution < 1.29 is 19.1 Å². The molecule has 0 unspecified atom stereocenters. The fourth-order valence-electron chi connectivity index (χ4n) is 3.15. The van der Waals surface area contributed by atoms with Crippen molar-refractivity contribution in [2.24, 2.45) is 0 Å². The molecule has 162 valence electrons. The van der Waals surface area contributed by atoms with Gasteiger partial charge in [0.25, 0.3) is 0 Å². The Balaban J connectivity index is 1.52. The third-order valence-corrected chi connectivity index (χ3v) is 5.43. The minimum atomic E-state index is -0.604. The highest BCUT2D eigenvalue weighted by Crippen LogP contribution is 2.30. The van der Waals surface area contributed by atoms with E-state index in [1.54, 1.807) is 18.2 Å². The number of nitrogens with zero attached hydrogens (tertiary/aromatic N) is 3. The number of imide groups is 1. The molecule has 0 aliphatic carbocycles. The van der Waals surface area contributed by atoms with Crippen LogP contribution in [0.3, 0.4) is 0 Å². The molecule has 0 saturated carbocycles. The second-order valence-corrected chi connectivity index (χ2v) is 7.62. The molecule has 0 saturated heterocycles. The Kier molecular flexibility index (Phi) is 7.95. The molecule has 0 atom stereocenters. The lowest BCUT2D eigenvalue weighted by atomic mass is 10.2. The van der Waals surface area contributed by atoms with Crippen LogP contribution < -0.4 is 20.1 Å². The maximum absolute atomic E-state index is 12.2. The van der Waals surface area contributed by atoms with Crippen molar-refractivity contribution in [3.05, 3.63) is 24.0 Å². The number of amides is 3. The van der Waals surface area contributed by atoms with Crippen LogP contribution >= 0.6 is 11.8 Å². The standard InChI is InChI=1S/C20H27N5O4S/c1-3-28-15-10-9-14(12-16(15)29-4-2)21-19(27)22-18(26)13-30-20-24-23-17-8-6-5-7-11-25(17)20/h9-10,12H,3-8,11,13H2,1-2H3,(H2,21,22,26,27). The van der Waals surface area contributed by atoms with E-state index in [-0.39, 0.29) is 5.75 Å².